The van der Waals surface area contributed by atoms with Gasteiger partial charge >= 0.3 is 0 Å². The number of carbonyl (C=O) groups excluding carboxylic acids is 1. The van der Waals surface area contributed by atoms with E-state index in [1.807, 2.05) is 13.8 Å². The lowest BCUT2D eigenvalue weighted by Crippen LogP contribution is -2.30. The summed E-state index contributed by atoms with van der Waals surface area (Å²) in [7, 11) is 0. The third-order valence-corrected chi connectivity index (χ3v) is 1.55. The number of nitrogens with two attached hydrogens (primary N) is 1. The number of allylic oxidation sites excluding steroid dienone is 1. The highest BCUT2D eigenvalue weighted by atomic mass is 16.1. The molecule has 3 N–H and O–H groups in total. The van der Waals surface area contributed by atoms with Crippen molar-refractivity contribution in [3.8, 4) is 0 Å². The molecule has 0 aromatic rings. The van der Waals surface area contributed by atoms with Crippen molar-refractivity contribution in [3.05, 3.63) is 36.2 Å². The molecule has 82 valence electrons. The number of nitrogens with zero attached hydrogens (tertiary/aromatic N) is 1. The van der Waals surface area contributed by atoms with Crippen LogP contribution in [0.3, 0.4) is 0 Å². The predicted octanol–water partition coefficient (Wildman–Crippen LogP) is 1.47. The van der Waals surface area contributed by atoms with Gasteiger partial charge in [-0.3, -0.25) is 4.79 Å². The Morgan fingerprint density at radius 1 is 1.40 bits per heavy atom. The number of aliphatic imine (C=N–C) groups is 1. The molecule has 0 unspecified atom stereocenters. The van der Waals surface area contributed by atoms with Crippen molar-refractivity contribution in [2.45, 2.75) is 20.8 Å². The Hall–Kier alpha value is -1.84. The van der Waals surface area contributed by atoms with Crippen molar-refractivity contribution in [1.82, 2.24) is 5.32 Å². The Morgan fingerprint density at radius 3 is 2.20 bits per heavy atom. The van der Waals surface area contributed by atoms with Crippen molar-refractivity contribution in [3.63, 3.8) is 0 Å². The van der Waals surface area contributed by atoms with E-state index >= 15 is 0 Å². The summed E-state index contributed by atoms with van der Waals surface area (Å²) in [5.41, 5.74) is 6.92. The molecule has 4 nitrogen and oxygen atoms in total. The summed E-state index contributed by atoms with van der Waals surface area (Å²) in [5.74, 6) is 0.306. The van der Waals surface area contributed by atoms with Crippen LogP contribution in [0.2, 0.25) is 0 Å². The van der Waals surface area contributed by atoms with E-state index in [-0.39, 0.29) is 11.7 Å². The maximum absolute atomic E-state index is 11.0. The Bertz CT molecular complexity index is 351. The van der Waals surface area contributed by atoms with Crippen LogP contribution in [-0.2, 0) is 4.79 Å². The van der Waals surface area contributed by atoms with Gasteiger partial charge in [-0.25, -0.2) is 4.99 Å². The Kier molecular flexibility index (Phi) is 5.09. The number of amidine groups is 1. The van der Waals surface area contributed by atoms with Gasteiger partial charge in [0, 0.05) is 12.5 Å². The van der Waals surface area contributed by atoms with Gasteiger partial charge in [0.2, 0.25) is 5.91 Å². The number of rotatable bonds is 3. The molecule has 1 amide bonds. The van der Waals surface area contributed by atoms with Crippen molar-refractivity contribution < 1.29 is 4.79 Å². The van der Waals surface area contributed by atoms with Crippen LogP contribution in [0.4, 0.5) is 0 Å². The quantitative estimate of drug-likeness (QED) is 0.418. The summed E-state index contributed by atoms with van der Waals surface area (Å²) < 4.78 is 0. The molecule has 0 aromatic carbocycles. The fraction of sp³-hybridized carbons (Fsp3) is 0.273. The van der Waals surface area contributed by atoms with Crippen LogP contribution >= 0.6 is 0 Å². The summed E-state index contributed by atoms with van der Waals surface area (Å²) in [6, 6.07) is 0. The van der Waals surface area contributed by atoms with E-state index in [0.29, 0.717) is 5.84 Å². The molecule has 0 saturated heterocycles. The van der Waals surface area contributed by atoms with Crippen LogP contribution in [0.5, 0.6) is 0 Å². The third kappa shape index (κ3) is 4.81. The zero-order valence-electron chi connectivity index (χ0n) is 9.42. The van der Waals surface area contributed by atoms with Gasteiger partial charge in [-0.2, -0.15) is 0 Å². The van der Waals surface area contributed by atoms with Gasteiger partial charge in [-0.05, 0) is 19.4 Å². The molecule has 0 atom stereocenters. The van der Waals surface area contributed by atoms with Crippen LogP contribution in [0.15, 0.2) is 41.2 Å². The molecular formula is C11H17N3O. The number of nitrogens with one attached hydrogen (secondary N) is 1. The van der Waals surface area contributed by atoms with Gasteiger partial charge in [-0.1, -0.05) is 19.2 Å². The first-order chi connectivity index (χ1) is 6.88. The highest BCUT2D eigenvalue weighted by molar-refractivity contribution is 6.09. The fourth-order valence-corrected chi connectivity index (χ4v) is 1.05. The summed E-state index contributed by atoms with van der Waals surface area (Å²) >= 11 is 0. The van der Waals surface area contributed by atoms with Crippen molar-refractivity contribution >= 4 is 11.7 Å². The first-order valence-electron chi connectivity index (χ1n) is 4.51. The molecule has 0 radical (unpaired) electrons. The minimum absolute atomic E-state index is 0.138. The molecule has 0 aliphatic heterocycles. The molecule has 0 aliphatic rings. The average Bonchev–Trinajstić information content (AvgIpc) is 2.01. The van der Waals surface area contributed by atoms with E-state index in [4.69, 9.17) is 5.73 Å². The molecule has 0 saturated carbocycles. The van der Waals surface area contributed by atoms with E-state index in [2.05, 4.69) is 23.5 Å². The van der Waals surface area contributed by atoms with E-state index in [1.165, 1.54) is 6.92 Å². The molecule has 0 rings (SSSR count). The first kappa shape index (κ1) is 13.2. The van der Waals surface area contributed by atoms with Gasteiger partial charge in [0.15, 0.2) is 0 Å². The summed E-state index contributed by atoms with van der Waals surface area (Å²) in [4.78, 5) is 14.9. The Morgan fingerprint density at radius 2 is 1.93 bits per heavy atom. The molecule has 0 bridgehead atoms. The SMILES string of the molecule is C=C(N)/N=C(NC(C)=O)\C(=C/C)C(=C)C. The summed E-state index contributed by atoms with van der Waals surface area (Å²) in [6.07, 6.45) is 1.81. The second-order valence-electron chi connectivity index (χ2n) is 3.12. The molecule has 15 heavy (non-hydrogen) atoms. The summed E-state index contributed by atoms with van der Waals surface area (Å²) in [6.45, 7) is 12.3. The minimum atomic E-state index is -0.212. The largest absolute Gasteiger partial charge is 0.384 e. The van der Waals surface area contributed by atoms with Gasteiger partial charge in [0.1, 0.15) is 11.7 Å². The van der Waals surface area contributed by atoms with Crippen molar-refractivity contribution in [2.75, 3.05) is 0 Å². The van der Waals surface area contributed by atoms with Crippen LogP contribution in [0.1, 0.15) is 20.8 Å². The van der Waals surface area contributed by atoms with E-state index < -0.39 is 0 Å². The molecule has 0 aliphatic carbocycles. The number of carbonyl (C=O) groups is 1. The van der Waals surface area contributed by atoms with E-state index in [0.717, 1.165) is 11.1 Å². The second-order valence-corrected chi connectivity index (χ2v) is 3.12. The predicted molar refractivity (Wildman–Crippen MR) is 63.2 cm³/mol. The van der Waals surface area contributed by atoms with Crippen LogP contribution in [0.25, 0.3) is 0 Å². The number of hydrogen-bond donors (Lipinski definition) is 2. The second kappa shape index (κ2) is 5.80. The fourth-order valence-electron chi connectivity index (χ4n) is 1.05. The van der Waals surface area contributed by atoms with Crippen molar-refractivity contribution in [1.29, 1.82) is 0 Å². The van der Waals surface area contributed by atoms with E-state index in [9.17, 15) is 4.79 Å². The highest BCUT2D eigenvalue weighted by Crippen LogP contribution is 2.08. The zero-order valence-corrected chi connectivity index (χ0v) is 9.42. The first-order valence-corrected chi connectivity index (χ1v) is 4.51. The van der Waals surface area contributed by atoms with Gasteiger partial charge in [0.05, 0.1) is 0 Å². The van der Waals surface area contributed by atoms with Gasteiger partial charge in [-0.15, -0.1) is 0 Å². The Labute approximate surface area is 90.3 Å². The standard InChI is InChI=1S/C11H17N3O/c1-6-10(7(2)3)11(13-8(4)12)14-9(5)15/h6H,2,4,12H2,1,3,5H3,(H,13,14,15)/b10-6-. The molecule has 0 heterocycles. The maximum Gasteiger partial charge on any atom is 0.222 e. The van der Waals surface area contributed by atoms with Crippen molar-refractivity contribution in [2.24, 2.45) is 10.7 Å². The lowest BCUT2D eigenvalue weighted by molar-refractivity contribution is -0.117. The number of amides is 1. The van der Waals surface area contributed by atoms with Crippen LogP contribution in [0, 0.1) is 0 Å². The monoisotopic (exact) mass is 207 g/mol. The normalized spacial score (nSPS) is 12.2. The molecule has 0 fully saturated rings. The minimum Gasteiger partial charge on any atom is -0.384 e. The summed E-state index contributed by atoms with van der Waals surface area (Å²) in [5, 5.41) is 2.58. The average molecular weight is 207 g/mol. The maximum atomic E-state index is 11.0. The molecule has 4 heteroatoms. The molecular weight excluding hydrogens is 190 g/mol. The smallest absolute Gasteiger partial charge is 0.222 e. The van der Waals surface area contributed by atoms with Gasteiger partial charge in [0.25, 0.3) is 0 Å². The number of hydrogen-bond acceptors (Lipinski definition) is 3. The lowest BCUT2D eigenvalue weighted by Gasteiger charge is -2.10. The Balaban J connectivity index is 5.18. The molecule has 0 aromatic heterocycles. The van der Waals surface area contributed by atoms with E-state index in [1.54, 1.807) is 6.08 Å². The topological polar surface area (TPSA) is 67.5 Å². The third-order valence-electron chi connectivity index (χ3n) is 1.55. The van der Waals surface area contributed by atoms with Crippen LogP contribution in [-0.4, -0.2) is 11.7 Å². The zero-order chi connectivity index (χ0) is 12.0. The van der Waals surface area contributed by atoms with Crippen LogP contribution < -0.4 is 11.1 Å². The highest BCUT2D eigenvalue weighted by Gasteiger charge is 2.08. The molecule has 0 spiro atoms. The lowest BCUT2D eigenvalue weighted by atomic mass is 10.1. The van der Waals surface area contributed by atoms with Gasteiger partial charge < -0.3 is 11.1 Å².